The maximum absolute atomic E-state index is 13.0. The fourth-order valence-electron chi connectivity index (χ4n) is 2.19. The number of rotatable bonds is 15. The van der Waals surface area contributed by atoms with E-state index in [0.717, 1.165) is 38.5 Å². The largest absolute Gasteiger partial charge is 0.367 e. The van der Waals surface area contributed by atoms with Crippen LogP contribution in [0.5, 0.6) is 0 Å². The van der Waals surface area contributed by atoms with Gasteiger partial charge < -0.3 is 4.52 Å². The van der Waals surface area contributed by atoms with Gasteiger partial charge in [-0.15, -0.1) is 0 Å². The van der Waals surface area contributed by atoms with Gasteiger partial charge in [0.05, 0.1) is 6.16 Å². The second kappa shape index (κ2) is 16.2. The molecule has 0 aliphatic rings. The molecule has 4 heteroatoms. The van der Waals surface area contributed by atoms with Crippen molar-refractivity contribution < 1.29 is 13.3 Å². The Kier molecular flexibility index (Phi) is 15.7. The molecule has 0 heterocycles. The lowest BCUT2D eigenvalue weighted by atomic mass is 10.1. The Morgan fingerprint density at radius 2 is 1.35 bits per heavy atom. The molecule has 134 valence electrons. The van der Waals surface area contributed by atoms with Crippen LogP contribution in [0.2, 0.25) is 0 Å². The van der Waals surface area contributed by atoms with Crippen LogP contribution in [0, 0.1) is 0 Å². The van der Waals surface area contributed by atoms with Crippen LogP contribution < -0.4 is 0 Å². The molecule has 0 aromatic carbocycles. The fourth-order valence-corrected chi connectivity index (χ4v) is 2.97. The average molecular weight is 344 g/mol. The third kappa shape index (κ3) is 17.5. The topological polar surface area (TPSA) is 26.3 Å². The SMILES string of the molecule is CC/C=C\C/C=C\C/C=C\CCCCCCCC[P@@](=O)(F)OC. The molecule has 0 aliphatic heterocycles. The van der Waals surface area contributed by atoms with Crippen molar-refractivity contribution in [3.05, 3.63) is 36.5 Å². The zero-order valence-corrected chi connectivity index (χ0v) is 15.8. The Labute approximate surface area is 142 Å². The molecule has 0 aromatic heterocycles. The Morgan fingerprint density at radius 3 is 1.96 bits per heavy atom. The number of hydrogen-bond donors (Lipinski definition) is 0. The van der Waals surface area contributed by atoms with Crippen LogP contribution in [-0.2, 0) is 9.09 Å². The van der Waals surface area contributed by atoms with Gasteiger partial charge in [-0.2, -0.15) is 4.20 Å². The quantitative estimate of drug-likeness (QED) is 0.176. The molecule has 0 fully saturated rings. The van der Waals surface area contributed by atoms with Crippen molar-refractivity contribution in [2.24, 2.45) is 0 Å². The molecule has 0 bridgehead atoms. The molecule has 0 rings (SSSR count). The van der Waals surface area contributed by atoms with E-state index in [-0.39, 0.29) is 6.16 Å². The highest BCUT2D eigenvalue weighted by Gasteiger charge is 2.18. The minimum Gasteiger partial charge on any atom is -0.309 e. The highest BCUT2D eigenvalue weighted by Crippen LogP contribution is 2.48. The third-order valence-electron chi connectivity index (χ3n) is 3.60. The normalized spacial score (nSPS) is 15.1. The summed E-state index contributed by atoms with van der Waals surface area (Å²) in [7, 11) is -2.61. The van der Waals surface area contributed by atoms with Crippen molar-refractivity contribution in [1.82, 2.24) is 0 Å². The van der Waals surface area contributed by atoms with Gasteiger partial charge in [0.15, 0.2) is 0 Å². The van der Waals surface area contributed by atoms with E-state index in [1.807, 2.05) is 0 Å². The predicted molar refractivity (Wildman–Crippen MR) is 99.9 cm³/mol. The molecule has 23 heavy (non-hydrogen) atoms. The molecule has 2 nitrogen and oxygen atoms in total. The minimum absolute atomic E-state index is 0.0635. The molecule has 0 saturated carbocycles. The van der Waals surface area contributed by atoms with Crippen molar-refractivity contribution >= 4 is 7.68 Å². The van der Waals surface area contributed by atoms with Crippen molar-refractivity contribution in [2.75, 3.05) is 13.3 Å². The summed E-state index contributed by atoms with van der Waals surface area (Å²) in [6.07, 6.45) is 23.9. The monoisotopic (exact) mass is 344 g/mol. The Bertz CT molecular complexity index is 389. The van der Waals surface area contributed by atoms with Gasteiger partial charge in [0.1, 0.15) is 0 Å². The first-order valence-electron chi connectivity index (χ1n) is 8.92. The van der Waals surface area contributed by atoms with Crippen molar-refractivity contribution in [2.45, 2.75) is 71.1 Å². The number of unbranched alkanes of at least 4 members (excludes halogenated alkanes) is 6. The van der Waals surface area contributed by atoms with E-state index in [1.54, 1.807) is 0 Å². The minimum atomic E-state index is -3.78. The van der Waals surface area contributed by atoms with E-state index in [2.05, 4.69) is 47.9 Å². The van der Waals surface area contributed by atoms with Gasteiger partial charge in [0.25, 0.3) is 0 Å². The average Bonchev–Trinajstić information content (AvgIpc) is 2.54. The van der Waals surface area contributed by atoms with Crippen molar-refractivity contribution in [3.8, 4) is 0 Å². The van der Waals surface area contributed by atoms with Gasteiger partial charge in [0, 0.05) is 7.11 Å². The Hall–Kier alpha value is -0.660. The first-order chi connectivity index (χ1) is 11.1. The fraction of sp³-hybridized carbons (Fsp3) is 0.684. The van der Waals surface area contributed by atoms with E-state index in [0.29, 0.717) is 6.42 Å². The van der Waals surface area contributed by atoms with E-state index in [4.69, 9.17) is 0 Å². The summed E-state index contributed by atoms with van der Waals surface area (Å²) in [4.78, 5) is 0. The molecule has 0 saturated heterocycles. The maximum atomic E-state index is 13.0. The lowest BCUT2D eigenvalue weighted by molar-refractivity contribution is 0.354. The van der Waals surface area contributed by atoms with Gasteiger partial charge in [-0.3, -0.25) is 4.57 Å². The molecule has 0 radical (unpaired) electrons. The van der Waals surface area contributed by atoms with Crippen LogP contribution in [0.1, 0.15) is 71.1 Å². The first kappa shape index (κ1) is 22.3. The summed E-state index contributed by atoms with van der Waals surface area (Å²) in [6, 6.07) is 0. The summed E-state index contributed by atoms with van der Waals surface area (Å²) in [5.74, 6) is 0. The van der Waals surface area contributed by atoms with Crippen LogP contribution in [0.4, 0.5) is 4.20 Å². The highest BCUT2D eigenvalue weighted by molar-refractivity contribution is 7.53. The smallest absolute Gasteiger partial charge is 0.309 e. The Balaban J connectivity index is 3.31. The first-order valence-corrected chi connectivity index (χ1v) is 10.6. The molecule has 1 atom stereocenters. The van der Waals surface area contributed by atoms with Crippen LogP contribution in [0.3, 0.4) is 0 Å². The summed E-state index contributed by atoms with van der Waals surface area (Å²) >= 11 is 0. The summed E-state index contributed by atoms with van der Waals surface area (Å²) in [6.45, 7) is 2.15. The molecule has 0 aromatic rings. The maximum Gasteiger partial charge on any atom is 0.367 e. The van der Waals surface area contributed by atoms with Crippen LogP contribution in [0.25, 0.3) is 0 Å². The number of hydrogen-bond acceptors (Lipinski definition) is 2. The van der Waals surface area contributed by atoms with Gasteiger partial charge in [-0.05, 0) is 38.5 Å². The third-order valence-corrected chi connectivity index (χ3v) is 4.99. The van der Waals surface area contributed by atoms with Crippen LogP contribution in [-0.4, -0.2) is 13.3 Å². The molecule has 0 unspecified atom stereocenters. The summed E-state index contributed by atoms with van der Waals surface area (Å²) in [5, 5.41) is 0. The van der Waals surface area contributed by atoms with Crippen molar-refractivity contribution in [3.63, 3.8) is 0 Å². The Morgan fingerprint density at radius 1 is 0.826 bits per heavy atom. The summed E-state index contributed by atoms with van der Waals surface area (Å²) < 4.78 is 28.4. The second-order valence-electron chi connectivity index (χ2n) is 5.70. The van der Waals surface area contributed by atoms with E-state index in [9.17, 15) is 8.76 Å². The van der Waals surface area contributed by atoms with Crippen LogP contribution in [0.15, 0.2) is 36.5 Å². The standard InChI is InChI=1S/C19H34FO2P/c1-3-4-5-6-7-8-9-10-11-12-13-14-15-16-17-18-19-23(20,21)22-2/h4-5,7-8,10-11H,3,6,9,12-19H2,1-2H3/b5-4-,8-7-,11-10-/t23-/m0/s1. The number of halogens is 1. The lowest BCUT2D eigenvalue weighted by Gasteiger charge is -2.05. The molecule has 0 N–H and O–H groups in total. The van der Waals surface area contributed by atoms with E-state index >= 15 is 0 Å². The second-order valence-corrected chi connectivity index (χ2v) is 7.69. The molecular formula is C19H34FO2P. The van der Waals surface area contributed by atoms with Gasteiger partial charge in [-0.25, -0.2) is 0 Å². The van der Waals surface area contributed by atoms with Gasteiger partial charge in [0.2, 0.25) is 0 Å². The molecular weight excluding hydrogens is 310 g/mol. The van der Waals surface area contributed by atoms with Crippen LogP contribution >= 0.6 is 7.68 Å². The zero-order chi connectivity index (χ0) is 17.2. The molecule has 0 spiro atoms. The highest BCUT2D eigenvalue weighted by atomic mass is 31.2. The lowest BCUT2D eigenvalue weighted by Crippen LogP contribution is -1.88. The number of allylic oxidation sites excluding steroid dienone is 6. The molecule has 0 aliphatic carbocycles. The van der Waals surface area contributed by atoms with E-state index in [1.165, 1.54) is 26.4 Å². The van der Waals surface area contributed by atoms with E-state index < -0.39 is 7.68 Å². The summed E-state index contributed by atoms with van der Waals surface area (Å²) in [5.41, 5.74) is 0. The predicted octanol–water partition coefficient (Wildman–Crippen LogP) is 7.38. The van der Waals surface area contributed by atoms with Gasteiger partial charge in [-0.1, -0.05) is 69.1 Å². The molecule has 0 amide bonds. The zero-order valence-electron chi connectivity index (χ0n) is 14.9. The van der Waals surface area contributed by atoms with Gasteiger partial charge >= 0.3 is 7.68 Å². The van der Waals surface area contributed by atoms with Crippen molar-refractivity contribution in [1.29, 1.82) is 0 Å².